The van der Waals surface area contributed by atoms with Gasteiger partial charge in [0.15, 0.2) is 5.78 Å². The van der Waals surface area contributed by atoms with Gasteiger partial charge in [-0.25, -0.2) is 0 Å². The molecule has 0 spiro atoms. The molecule has 126 valence electrons. The van der Waals surface area contributed by atoms with Gasteiger partial charge in [-0.2, -0.15) is 0 Å². The van der Waals surface area contributed by atoms with Crippen LogP contribution in [0.1, 0.15) is 65.7 Å². The molecule has 0 saturated heterocycles. The first-order chi connectivity index (χ1) is 11.0. The van der Waals surface area contributed by atoms with Gasteiger partial charge in [-0.05, 0) is 68.8 Å². The van der Waals surface area contributed by atoms with Gasteiger partial charge < -0.3 is 5.11 Å². The molecule has 0 aromatic heterocycles. The maximum absolute atomic E-state index is 11.9. The highest BCUT2D eigenvalue weighted by Crippen LogP contribution is 2.62. The number of carbonyl (C=O) groups is 1. The molecule has 0 aliphatic heterocycles. The van der Waals surface area contributed by atoms with E-state index in [2.05, 4.69) is 20.8 Å². The fourth-order valence-corrected chi connectivity index (χ4v) is 6.55. The summed E-state index contributed by atoms with van der Waals surface area (Å²) in [7, 11) is 0. The van der Waals surface area contributed by atoms with Crippen molar-refractivity contribution in [3.05, 3.63) is 22.8 Å². The number of fused-ring (bicyclic) bond motifs is 5. The van der Waals surface area contributed by atoms with Crippen LogP contribution < -0.4 is 0 Å². The van der Waals surface area contributed by atoms with Gasteiger partial charge in [0, 0.05) is 11.8 Å². The smallest absolute Gasteiger partial charge is 0.155 e. The number of hydrogen-bond donors (Lipinski definition) is 1. The zero-order chi connectivity index (χ0) is 16.4. The van der Waals surface area contributed by atoms with Crippen molar-refractivity contribution in [2.75, 3.05) is 0 Å². The Morgan fingerprint density at radius 1 is 1.30 bits per heavy atom. The number of ketones is 1. The lowest BCUT2D eigenvalue weighted by atomic mass is 9.51. The van der Waals surface area contributed by atoms with E-state index in [1.165, 1.54) is 24.0 Å². The van der Waals surface area contributed by atoms with E-state index >= 15 is 0 Å². The molecule has 2 heteroatoms. The predicted octanol–water partition coefficient (Wildman–Crippen LogP) is 4.44. The average molecular weight is 314 g/mol. The van der Waals surface area contributed by atoms with Gasteiger partial charge in [0.2, 0.25) is 0 Å². The third kappa shape index (κ3) is 2.13. The van der Waals surface area contributed by atoms with Crippen LogP contribution >= 0.6 is 0 Å². The first kappa shape index (κ1) is 15.6. The Morgan fingerprint density at radius 2 is 2.09 bits per heavy atom. The second-order valence-electron chi connectivity index (χ2n) is 8.76. The molecular formula is C21H30O2. The van der Waals surface area contributed by atoms with Gasteiger partial charge in [-0.1, -0.05) is 37.0 Å². The summed E-state index contributed by atoms with van der Waals surface area (Å²) in [6.07, 6.45) is 9.13. The van der Waals surface area contributed by atoms with Gasteiger partial charge in [0.1, 0.15) is 0 Å². The van der Waals surface area contributed by atoms with E-state index in [-0.39, 0.29) is 11.5 Å². The lowest BCUT2D eigenvalue weighted by molar-refractivity contribution is -0.115. The minimum atomic E-state index is -0.180. The summed E-state index contributed by atoms with van der Waals surface area (Å²) in [4.78, 5) is 11.9. The van der Waals surface area contributed by atoms with Crippen LogP contribution in [0, 0.1) is 29.1 Å². The van der Waals surface area contributed by atoms with Gasteiger partial charge in [0.25, 0.3) is 0 Å². The summed E-state index contributed by atoms with van der Waals surface area (Å²) < 4.78 is 0. The number of carbonyl (C=O) groups excluding carboxylic acids is 1. The quantitative estimate of drug-likeness (QED) is 0.727. The largest absolute Gasteiger partial charge is 0.392 e. The molecule has 6 atom stereocenters. The molecule has 0 heterocycles. The fourth-order valence-electron chi connectivity index (χ4n) is 6.55. The van der Waals surface area contributed by atoms with Crippen LogP contribution in [0.25, 0.3) is 0 Å². The lowest BCUT2D eigenvalue weighted by Crippen LogP contribution is -2.47. The molecule has 0 radical (unpaired) electrons. The summed E-state index contributed by atoms with van der Waals surface area (Å²) in [5, 5.41) is 10.7. The molecule has 0 aromatic rings. The van der Waals surface area contributed by atoms with Crippen molar-refractivity contribution in [3.8, 4) is 0 Å². The van der Waals surface area contributed by atoms with Crippen molar-refractivity contribution < 1.29 is 9.90 Å². The second-order valence-corrected chi connectivity index (χ2v) is 8.76. The van der Waals surface area contributed by atoms with E-state index in [1.807, 2.05) is 6.08 Å². The van der Waals surface area contributed by atoms with Crippen LogP contribution in [0.15, 0.2) is 22.8 Å². The molecule has 0 bridgehead atoms. The molecule has 0 unspecified atom stereocenters. The fraction of sp³-hybridized carbons (Fsp3) is 0.762. The zero-order valence-electron chi connectivity index (χ0n) is 14.8. The van der Waals surface area contributed by atoms with Crippen LogP contribution in [0.2, 0.25) is 0 Å². The molecule has 0 aromatic carbocycles. The Balaban J connectivity index is 1.77. The van der Waals surface area contributed by atoms with Crippen LogP contribution in [-0.2, 0) is 4.79 Å². The monoisotopic (exact) mass is 314 g/mol. The average Bonchev–Trinajstić information content (AvgIpc) is 2.75. The summed E-state index contributed by atoms with van der Waals surface area (Å²) in [5.41, 5.74) is 4.55. The van der Waals surface area contributed by atoms with E-state index in [4.69, 9.17) is 0 Å². The van der Waals surface area contributed by atoms with Gasteiger partial charge in [-0.15, -0.1) is 0 Å². The Morgan fingerprint density at radius 3 is 2.83 bits per heavy atom. The molecule has 4 aliphatic rings. The molecule has 4 rings (SSSR count). The minimum absolute atomic E-state index is 0.0182. The Hall–Kier alpha value is -0.890. The van der Waals surface area contributed by atoms with Gasteiger partial charge in [0.05, 0.1) is 6.10 Å². The number of allylic oxidation sites excluding steroid dienone is 2. The van der Waals surface area contributed by atoms with Gasteiger partial charge >= 0.3 is 0 Å². The van der Waals surface area contributed by atoms with Crippen molar-refractivity contribution in [2.24, 2.45) is 29.1 Å². The van der Waals surface area contributed by atoms with Crippen molar-refractivity contribution in [3.63, 3.8) is 0 Å². The van der Waals surface area contributed by atoms with E-state index in [0.29, 0.717) is 29.5 Å². The summed E-state index contributed by atoms with van der Waals surface area (Å²) in [6.45, 7) is 6.87. The number of aliphatic hydroxyl groups is 1. The molecule has 0 amide bonds. The van der Waals surface area contributed by atoms with Crippen molar-refractivity contribution >= 4 is 5.78 Å². The molecular weight excluding hydrogens is 284 g/mol. The molecule has 2 fully saturated rings. The minimum Gasteiger partial charge on any atom is -0.392 e. The normalized spacial score (nSPS) is 46.2. The number of aliphatic hydroxyl groups excluding tert-OH is 1. The van der Waals surface area contributed by atoms with E-state index in [0.717, 1.165) is 32.1 Å². The highest BCUT2D eigenvalue weighted by Gasteiger charge is 2.55. The number of hydrogen-bond acceptors (Lipinski definition) is 2. The lowest BCUT2D eigenvalue weighted by Gasteiger charge is -2.54. The molecule has 1 N–H and O–H groups in total. The van der Waals surface area contributed by atoms with Crippen LogP contribution in [0.5, 0.6) is 0 Å². The summed E-state index contributed by atoms with van der Waals surface area (Å²) in [6, 6.07) is 0. The Kier molecular flexibility index (Phi) is 3.61. The Labute approximate surface area is 140 Å². The maximum Gasteiger partial charge on any atom is 0.155 e. The zero-order valence-corrected chi connectivity index (χ0v) is 14.8. The second kappa shape index (κ2) is 5.31. The van der Waals surface area contributed by atoms with E-state index in [1.54, 1.807) is 5.57 Å². The van der Waals surface area contributed by atoms with E-state index < -0.39 is 0 Å². The topological polar surface area (TPSA) is 37.3 Å². The third-order valence-electron chi connectivity index (χ3n) is 7.67. The van der Waals surface area contributed by atoms with Crippen molar-refractivity contribution in [1.82, 2.24) is 0 Å². The first-order valence-corrected chi connectivity index (χ1v) is 9.57. The molecule has 23 heavy (non-hydrogen) atoms. The van der Waals surface area contributed by atoms with Gasteiger partial charge in [-0.3, -0.25) is 4.79 Å². The molecule has 2 nitrogen and oxygen atoms in total. The van der Waals surface area contributed by atoms with Crippen molar-refractivity contribution in [2.45, 2.75) is 71.8 Å². The number of rotatable bonds is 1. The predicted molar refractivity (Wildman–Crippen MR) is 91.9 cm³/mol. The maximum atomic E-state index is 11.9. The van der Waals surface area contributed by atoms with Crippen LogP contribution in [0.4, 0.5) is 0 Å². The van der Waals surface area contributed by atoms with Crippen LogP contribution in [-0.4, -0.2) is 17.0 Å². The molecule has 4 aliphatic carbocycles. The third-order valence-corrected chi connectivity index (χ3v) is 7.67. The van der Waals surface area contributed by atoms with Crippen LogP contribution in [0.3, 0.4) is 0 Å². The summed E-state index contributed by atoms with van der Waals surface area (Å²) >= 11 is 0. The first-order valence-electron chi connectivity index (χ1n) is 9.57. The highest BCUT2D eigenvalue weighted by molar-refractivity contribution is 5.91. The molecule has 2 saturated carbocycles. The Bertz CT molecular complexity index is 599. The SMILES string of the molecule is CC[C@@H]1CC2=CC(=O)CC[C@@H]2[C@H]2CC[C@@]3(C)C(=C(C)C[C@@H]3O)[C@H]12. The highest BCUT2D eigenvalue weighted by atomic mass is 16.3. The van der Waals surface area contributed by atoms with E-state index in [9.17, 15) is 9.90 Å². The standard InChI is InChI=1S/C21H30O2/c1-4-13-10-14-11-15(22)5-6-16(14)17-7-8-21(3)18(23)9-12(2)20(21)19(13)17/h11,13,16-19,23H,4-10H2,1-3H3/t13-,16+,17-,18+,19-,21-/m1/s1. The van der Waals surface area contributed by atoms with Crippen molar-refractivity contribution in [1.29, 1.82) is 0 Å². The summed E-state index contributed by atoms with van der Waals surface area (Å²) in [5.74, 6) is 2.98.